The Morgan fingerprint density at radius 3 is 2.33 bits per heavy atom. The Balaban J connectivity index is 1.55. The molecule has 0 saturated carbocycles. The van der Waals surface area contributed by atoms with Gasteiger partial charge in [0.25, 0.3) is 5.91 Å². The van der Waals surface area contributed by atoms with Gasteiger partial charge < -0.3 is 11.1 Å². The normalized spacial score (nSPS) is 19.0. The van der Waals surface area contributed by atoms with Crippen LogP contribution in [0.1, 0.15) is 68.1 Å². The lowest BCUT2D eigenvalue weighted by Gasteiger charge is -2.34. The molecule has 0 aromatic heterocycles. The summed E-state index contributed by atoms with van der Waals surface area (Å²) in [5.74, 6) is 0.816. The Kier molecular flexibility index (Phi) is 10.3. The van der Waals surface area contributed by atoms with Crippen LogP contribution in [0.5, 0.6) is 0 Å². The van der Waals surface area contributed by atoms with E-state index in [-0.39, 0.29) is 19.0 Å². The first-order valence-corrected chi connectivity index (χ1v) is 17.2. The molecule has 1 aromatic rings. The predicted molar refractivity (Wildman–Crippen MR) is 160 cm³/mol. The van der Waals surface area contributed by atoms with Crippen molar-refractivity contribution in [3.05, 3.63) is 34.2 Å². The number of anilines is 1. The van der Waals surface area contributed by atoms with Crippen molar-refractivity contribution in [1.29, 1.82) is 0 Å². The number of carbonyl (C=O) groups excluding carboxylic acids is 2. The van der Waals surface area contributed by atoms with Gasteiger partial charge in [0.05, 0.1) is 0 Å². The number of aliphatic imine (C=N–C) groups is 1. The van der Waals surface area contributed by atoms with Crippen LogP contribution in [-0.2, 0) is 29.2 Å². The van der Waals surface area contributed by atoms with Crippen LogP contribution >= 0.6 is 0 Å². The quantitative estimate of drug-likeness (QED) is 0.247. The number of nitrogens with two attached hydrogens (primary N) is 1. The average Bonchev–Trinajstić information content (AvgIpc) is 3.15. The van der Waals surface area contributed by atoms with Crippen molar-refractivity contribution in [2.24, 2.45) is 10.7 Å². The van der Waals surface area contributed by atoms with Crippen LogP contribution < -0.4 is 16.0 Å². The average molecular weight is 597 g/mol. The Hall–Kier alpha value is -2.61. The molecule has 0 bridgehead atoms. The van der Waals surface area contributed by atoms with E-state index in [2.05, 4.69) is 5.32 Å². The smallest absolute Gasteiger partial charge is 0.318 e. The van der Waals surface area contributed by atoms with E-state index in [4.69, 9.17) is 10.7 Å². The lowest BCUT2D eigenvalue weighted by atomic mass is 9.89. The Labute approximate surface area is 238 Å². The molecule has 1 saturated heterocycles. The molecule has 1 unspecified atom stereocenters. The van der Waals surface area contributed by atoms with Gasteiger partial charge in [-0.25, -0.2) is 13.2 Å². The number of rotatable bonds is 12. The summed E-state index contributed by atoms with van der Waals surface area (Å²) in [6.45, 7) is 4.08. The molecule has 0 aliphatic carbocycles. The molecule has 4 N–H and O–H groups in total. The number of nitrogens with zero attached hydrogens (tertiary/aromatic N) is 3. The maximum atomic E-state index is 13.1. The zero-order valence-electron chi connectivity index (χ0n) is 23.8. The highest BCUT2D eigenvalue weighted by Crippen LogP contribution is 2.32. The van der Waals surface area contributed by atoms with Gasteiger partial charge in [-0.15, -0.1) is 0 Å². The summed E-state index contributed by atoms with van der Waals surface area (Å²) in [5, 5.41) is 4.09. The third kappa shape index (κ3) is 8.21. The zero-order valence-corrected chi connectivity index (χ0v) is 25.4. The fraction of sp³-hybridized carbons (Fsp3) is 0.593. The van der Waals surface area contributed by atoms with Crippen LogP contribution in [0.4, 0.5) is 10.5 Å². The maximum Gasteiger partial charge on any atom is 0.318 e. The molecule has 0 radical (unpaired) electrons. The van der Waals surface area contributed by atoms with E-state index in [0.29, 0.717) is 36.5 Å². The van der Waals surface area contributed by atoms with Gasteiger partial charge in [0.1, 0.15) is 23.4 Å². The standard InChI is InChI=1S/C27H41N5O6S2/c1-20-18-22(31(3)26(28)34)19-21(2)23(20)11-17-40(37,38)32-14-12-27(13-15-32)25(33)29-24(30-27)10-8-6-5-7-9-16-39(4,35)36/h11,17-19H,5-10,12-16H2,1-4H3,(H3-,28,29,30,33,34,35,36)/p+1/b17-11+. The van der Waals surface area contributed by atoms with Gasteiger partial charge in [-0.2, -0.15) is 8.86 Å². The van der Waals surface area contributed by atoms with Crippen molar-refractivity contribution in [2.75, 3.05) is 37.0 Å². The molecule has 11 nitrogen and oxygen atoms in total. The zero-order chi connectivity index (χ0) is 29.7. The monoisotopic (exact) mass is 596 g/mol. The number of urea groups is 1. The summed E-state index contributed by atoms with van der Waals surface area (Å²) < 4.78 is 48.2. The molecule has 2 aliphatic heterocycles. The van der Waals surface area contributed by atoms with Gasteiger partial charge >= 0.3 is 6.03 Å². The molecule has 2 heterocycles. The fourth-order valence-electron chi connectivity index (χ4n) is 5.12. The number of benzene rings is 1. The summed E-state index contributed by atoms with van der Waals surface area (Å²) in [4.78, 5) is 30.3. The number of unbranched alkanes of at least 4 members (excludes halogenated alkanes) is 4. The van der Waals surface area contributed by atoms with Gasteiger partial charge in [-0.3, -0.25) is 14.7 Å². The fourth-order valence-corrected chi connectivity index (χ4v) is 7.03. The topological polar surface area (TPSA) is 162 Å². The van der Waals surface area contributed by atoms with Crippen LogP contribution in [-0.4, -0.2) is 72.7 Å². The molecule has 222 valence electrons. The third-order valence-electron chi connectivity index (χ3n) is 7.58. The third-order valence-corrected chi connectivity index (χ3v) is 10.2. The summed E-state index contributed by atoms with van der Waals surface area (Å²) in [6, 6.07) is 2.98. The van der Waals surface area contributed by atoms with Crippen molar-refractivity contribution >= 4 is 49.8 Å². The summed E-state index contributed by atoms with van der Waals surface area (Å²) >= 11 is 0. The number of primary amides is 1. The molecular weight excluding hydrogens is 554 g/mol. The van der Waals surface area contributed by atoms with Crippen molar-refractivity contribution in [3.63, 3.8) is 0 Å². The van der Waals surface area contributed by atoms with E-state index in [1.54, 1.807) is 25.3 Å². The van der Waals surface area contributed by atoms with Crippen LogP contribution in [0.3, 0.4) is 0 Å². The first-order chi connectivity index (χ1) is 18.6. The Morgan fingerprint density at radius 1 is 1.18 bits per heavy atom. The first kappa shape index (κ1) is 31.9. The number of carbonyl (C=O) groups is 2. The SMILES string of the molecule is Cc1cc(N(C)C(N)=O)cc(C)c1/C=C/S(=O)(=O)N1CCC2(CC1)N=C(CCCCCCC[S+](C)(=O)O)NC2=O. The molecule has 3 rings (SSSR count). The predicted octanol–water partition coefficient (Wildman–Crippen LogP) is 3.42. The minimum absolute atomic E-state index is 0.164. The second-order valence-electron chi connectivity index (χ2n) is 10.9. The van der Waals surface area contributed by atoms with Crippen LogP contribution in [0, 0.1) is 13.8 Å². The minimum atomic E-state index is -3.71. The van der Waals surface area contributed by atoms with Crippen molar-refractivity contribution < 1.29 is 26.8 Å². The van der Waals surface area contributed by atoms with Crippen molar-refractivity contribution in [1.82, 2.24) is 9.62 Å². The number of nitrogens with one attached hydrogen (secondary N) is 1. The van der Waals surface area contributed by atoms with E-state index < -0.39 is 31.8 Å². The number of hydrogen-bond donors (Lipinski definition) is 3. The lowest BCUT2D eigenvalue weighted by Crippen LogP contribution is -2.50. The Morgan fingerprint density at radius 2 is 1.75 bits per heavy atom. The molecular formula is C27H42N5O6S2+. The summed E-state index contributed by atoms with van der Waals surface area (Å²) in [6.07, 6.45) is 8.59. The van der Waals surface area contributed by atoms with E-state index in [1.165, 1.54) is 20.9 Å². The van der Waals surface area contributed by atoms with Gasteiger partial charge in [0, 0.05) is 37.7 Å². The van der Waals surface area contributed by atoms with Crippen LogP contribution in [0.15, 0.2) is 22.5 Å². The van der Waals surface area contributed by atoms with E-state index in [9.17, 15) is 26.8 Å². The number of aryl methyl sites for hydroxylation is 2. The van der Waals surface area contributed by atoms with E-state index >= 15 is 0 Å². The lowest BCUT2D eigenvalue weighted by molar-refractivity contribution is -0.124. The van der Waals surface area contributed by atoms with E-state index in [1.807, 2.05) is 13.8 Å². The van der Waals surface area contributed by atoms with Crippen LogP contribution in [0.2, 0.25) is 0 Å². The molecule has 2 aliphatic rings. The molecule has 1 fully saturated rings. The number of hydrogen-bond acceptors (Lipinski definition) is 6. The van der Waals surface area contributed by atoms with Crippen molar-refractivity contribution in [3.8, 4) is 0 Å². The highest BCUT2D eigenvalue weighted by atomic mass is 32.3. The second-order valence-corrected chi connectivity index (χ2v) is 15.0. The molecule has 3 amide bonds. The summed E-state index contributed by atoms with van der Waals surface area (Å²) in [7, 11) is -4.80. The molecule has 1 spiro atoms. The Bertz CT molecular complexity index is 1300. The molecule has 1 aromatic carbocycles. The molecule has 13 heteroatoms. The minimum Gasteiger partial charge on any atom is -0.351 e. The van der Waals surface area contributed by atoms with Crippen molar-refractivity contribution in [2.45, 2.75) is 70.8 Å². The number of piperidine rings is 1. The van der Waals surface area contributed by atoms with Gasteiger partial charge in [-0.1, -0.05) is 17.1 Å². The number of amides is 3. The highest BCUT2D eigenvalue weighted by Gasteiger charge is 2.46. The van der Waals surface area contributed by atoms with E-state index in [0.717, 1.165) is 48.8 Å². The summed E-state index contributed by atoms with van der Waals surface area (Å²) in [5.41, 5.74) is 7.45. The number of sulfonamides is 1. The largest absolute Gasteiger partial charge is 0.351 e. The number of amidine groups is 1. The van der Waals surface area contributed by atoms with Gasteiger partial charge in [0.15, 0.2) is 0 Å². The second kappa shape index (κ2) is 12.9. The molecule has 1 atom stereocenters. The molecule has 40 heavy (non-hydrogen) atoms. The maximum absolute atomic E-state index is 13.1. The highest BCUT2D eigenvalue weighted by molar-refractivity contribution is 7.97. The van der Waals surface area contributed by atoms with Gasteiger partial charge in [-0.05, 0) is 80.9 Å². The van der Waals surface area contributed by atoms with Gasteiger partial charge in [0.2, 0.25) is 20.2 Å². The first-order valence-electron chi connectivity index (χ1n) is 13.6. The van der Waals surface area contributed by atoms with Crippen LogP contribution in [0.25, 0.3) is 6.08 Å².